The minimum atomic E-state index is -1.06. The highest BCUT2D eigenvalue weighted by Crippen LogP contribution is 2.30. The van der Waals surface area contributed by atoms with E-state index < -0.39 is 11.5 Å². The summed E-state index contributed by atoms with van der Waals surface area (Å²) in [6.45, 7) is 0.475. The number of hydrogen-bond acceptors (Lipinski definition) is 3. The van der Waals surface area contributed by atoms with Crippen molar-refractivity contribution in [1.29, 1.82) is 0 Å². The third-order valence-electron chi connectivity index (χ3n) is 4.07. The largest absolute Gasteiger partial charge is 0.480 e. The van der Waals surface area contributed by atoms with E-state index in [1.807, 2.05) is 0 Å². The molecule has 2 aliphatic rings. The molecule has 0 atom stereocenters. The molecule has 0 spiro atoms. The Bertz CT molecular complexity index is 398. The second kappa shape index (κ2) is 6.24. The summed E-state index contributed by atoms with van der Waals surface area (Å²) >= 11 is 0. The first-order chi connectivity index (χ1) is 9.53. The van der Waals surface area contributed by atoms with Gasteiger partial charge in [-0.05, 0) is 32.1 Å². The molecule has 2 aliphatic carbocycles. The molecule has 0 aromatic heterocycles. The van der Waals surface area contributed by atoms with E-state index in [0.717, 1.165) is 25.7 Å². The summed E-state index contributed by atoms with van der Waals surface area (Å²) in [7, 11) is 0. The molecule has 0 bridgehead atoms. The molecule has 0 radical (unpaired) electrons. The van der Waals surface area contributed by atoms with Crippen molar-refractivity contribution in [2.24, 2.45) is 5.92 Å². The van der Waals surface area contributed by atoms with E-state index in [2.05, 4.69) is 10.6 Å². The topological polar surface area (TPSA) is 95.5 Å². The van der Waals surface area contributed by atoms with Crippen molar-refractivity contribution in [3.63, 3.8) is 0 Å². The summed E-state index contributed by atoms with van der Waals surface area (Å²) in [5.41, 5.74) is -1.06. The summed E-state index contributed by atoms with van der Waals surface area (Å²) < 4.78 is 0. The fourth-order valence-electron chi connectivity index (χ4n) is 2.65. The van der Waals surface area contributed by atoms with Gasteiger partial charge in [0.05, 0.1) is 0 Å². The van der Waals surface area contributed by atoms with E-state index in [-0.39, 0.29) is 24.2 Å². The van der Waals surface area contributed by atoms with Crippen LogP contribution in [0.15, 0.2) is 0 Å². The van der Waals surface area contributed by atoms with Gasteiger partial charge in [-0.25, -0.2) is 4.79 Å². The number of amides is 2. The fraction of sp³-hybridized carbons (Fsp3) is 0.786. The Morgan fingerprint density at radius 1 is 1.15 bits per heavy atom. The molecule has 6 heteroatoms. The molecule has 112 valence electrons. The lowest BCUT2D eigenvalue weighted by molar-refractivity contribution is -0.147. The minimum absolute atomic E-state index is 0.0724. The molecule has 0 aromatic carbocycles. The van der Waals surface area contributed by atoms with Crippen LogP contribution in [0.3, 0.4) is 0 Å². The van der Waals surface area contributed by atoms with Gasteiger partial charge in [0.2, 0.25) is 11.8 Å². The van der Waals surface area contributed by atoms with E-state index in [0.29, 0.717) is 25.8 Å². The molecular formula is C14H22N2O4. The Labute approximate surface area is 118 Å². The number of rotatable bonds is 7. The van der Waals surface area contributed by atoms with Crippen LogP contribution in [-0.4, -0.2) is 35.0 Å². The van der Waals surface area contributed by atoms with Crippen molar-refractivity contribution in [1.82, 2.24) is 10.6 Å². The summed E-state index contributed by atoms with van der Waals surface area (Å²) in [6.07, 6.45) is 5.41. The number of carbonyl (C=O) groups excluding carboxylic acids is 2. The molecule has 0 aromatic rings. The predicted octanol–water partition coefficient (Wildman–Crippen LogP) is 0.806. The SMILES string of the molecule is O=C(CCCNC(=O)C1CC1)NC1(C(=O)O)CCCC1. The summed E-state index contributed by atoms with van der Waals surface area (Å²) in [5, 5.41) is 14.7. The van der Waals surface area contributed by atoms with Gasteiger partial charge in [-0.2, -0.15) is 0 Å². The van der Waals surface area contributed by atoms with Crippen molar-refractivity contribution >= 4 is 17.8 Å². The van der Waals surface area contributed by atoms with Crippen LogP contribution in [0.5, 0.6) is 0 Å². The summed E-state index contributed by atoms with van der Waals surface area (Å²) in [4.78, 5) is 34.5. The Morgan fingerprint density at radius 2 is 1.80 bits per heavy atom. The smallest absolute Gasteiger partial charge is 0.329 e. The van der Waals surface area contributed by atoms with Gasteiger partial charge in [0.25, 0.3) is 0 Å². The number of hydrogen-bond donors (Lipinski definition) is 3. The molecule has 20 heavy (non-hydrogen) atoms. The lowest BCUT2D eigenvalue weighted by Gasteiger charge is -2.25. The van der Waals surface area contributed by atoms with Gasteiger partial charge in [-0.15, -0.1) is 0 Å². The van der Waals surface area contributed by atoms with Crippen LogP contribution in [-0.2, 0) is 14.4 Å². The van der Waals surface area contributed by atoms with E-state index in [4.69, 9.17) is 0 Å². The molecule has 0 aliphatic heterocycles. The zero-order valence-electron chi connectivity index (χ0n) is 11.6. The van der Waals surface area contributed by atoms with Crippen molar-refractivity contribution in [2.75, 3.05) is 6.54 Å². The average Bonchev–Trinajstić information content (AvgIpc) is 3.15. The zero-order chi connectivity index (χ0) is 14.6. The maximum Gasteiger partial charge on any atom is 0.329 e. The summed E-state index contributed by atoms with van der Waals surface area (Å²) in [5.74, 6) is -0.929. The number of carboxylic acid groups (broad SMARTS) is 1. The monoisotopic (exact) mass is 282 g/mol. The minimum Gasteiger partial charge on any atom is -0.480 e. The number of carboxylic acids is 1. The molecule has 0 heterocycles. The van der Waals surface area contributed by atoms with E-state index in [1.54, 1.807) is 0 Å². The molecular weight excluding hydrogens is 260 g/mol. The molecule has 2 amide bonds. The Balaban J connectivity index is 1.66. The van der Waals surface area contributed by atoms with Gasteiger partial charge in [-0.1, -0.05) is 12.8 Å². The molecule has 3 N–H and O–H groups in total. The van der Waals surface area contributed by atoms with Crippen LogP contribution in [0, 0.1) is 5.92 Å². The Kier molecular flexibility index (Phi) is 4.62. The van der Waals surface area contributed by atoms with E-state index in [9.17, 15) is 19.5 Å². The van der Waals surface area contributed by atoms with Crippen LogP contribution in [0.4, 0.5) is 0 Å². The second-order valence-electron chi connectivity index (χ2n) is 5.81. The van der Waals surface area contributed by atoms with Crippen LogP contribution in [0.25, 0.3) is 0 Å². The molecule has 0 unspecified atom stereocenters. The molecule has 2 fully saturated rings. The van der Waals surface area contributed by atoms with E-state index in [1.165, 1.54) is 0 Å². The lowest BCUT2D eigenvalue weighted by atomic mass is 9.97. The van der Waals surface area contributed by atoms with Crippen LogP contribution >= 0.6 is 0 Å². The molecule has 2 saturated carbocycles. The quantitative estimate of drug-likeness (QED) is 0.602. The summed E-state index contributed by atoms with van der Waals surface area (Å²) in [6, 6.07) is 0. The van der Waals surface area contributed by atoms with Crippen molar-refractivity contribution < 1.29 is 19.5 Å². The van der Waals surface area contributed by atoms with Gasteiger partial charge in [0.15, 0.2) is 0 Å². The first-order valence-corrected chi connectivity index (χ1v) is 7.36. The highest BCUT2D eigenvalue weighted by atomic mass is 16.4. The second-order valence-corrected chi connectivity index (χ2v) is 5.81. The number of aliphatic carboxylic acids is 1. The van der Waals surface area contributed by atoms with Crippen LogP contribution in [0.1, 0.15) is 51.4 Å². The molecule has 6 nitrogen and oxygen atoms in total. The fourth-order valence-corrected chi connectivity index (χ4v) is 2.65. The standard InChI is InChI=1S/C14H22N2O4/c17-11(4-3-9-15-12(18)10-5-6-10)16-14(13(19)20)7-1-2-8-14/h10H,1-9H2,(H,15,18)(H,16,17)(H,19,20). The normalized spacial score (nSPS) is 20.4. The van der Waals surface area contributed by atoms with Crippen LogP contribution in [0.2, 0.25) is 0 Å². The average molecular weight is 282 g/mol. The van der Waals surface area contributed by atoms with Gasteiger partial charge in [0.1, 0.15) is 5.54 Å². The lowest BCUT2D eigenvalue weighted by Crippen LogP contribution is -2.52. The Hall–Kier alpha value is -1.59. The van der Waals surface area contributed by atoms with Gasteiger partial charge in [0, 0.05) is 18.9 Å². The first-order valence-electron chi connectivity index (χ1n) is 7.36. The van der Waals surface area contributed by atoms with Crippen LogP contribution < -0.4 is 10.6 Å². The van der Waals surface area contributed by atoms with E-state index >= 15 is 0 Å². The zero-order valence-corrected chi connectivity index (χ0v) is 11.6. The Morgan fingerprint density at radius 3 is 2.35 bits per heavy atom. The maximum atomic E-state index is 11.8. The highest BCUT2D eigenvalue weighted by Gasteiger charge is 2.42. The maximum absolute atomic E-state index is 11.8. The van der Waals surface area contributed by atoms with Crippen molar-refractivity contribution in [2.45, 2.75) is 56.9 Å². The van der Waals surface area contributed by atoms with Gasteiger partial charge in [-0.3, -0.25) is 9.59 Å². The first kappa shape index (κ1) is 14.8. The van der Waals surface area contributed by atoms with Gasteiger partial charge >= 0.3 is 5.97 Å². The molecule has 0 saturated heterocycles. The predicted molar refractivity (Wildman–Crippen MR) is 71.9 cm³/mol. The highest BCUT2D eigenvalue weighted by molar-refractivity contribution is 5.87. The third-order valence-corrected chi connectivity index (χ3v) is 4.07. The van der Waals surface area contributed by atoms with Crippen molar-refractivity contribution in [3.05, 3.63) is 0 Å². The number of carbonyl (C=O) groups is 3. The van der Waals surface area contributed by atoms with Crippen molar-refractivity contribution in [3.8, 4) is 0 Å². The third kappa shape index (κ3) is 3.71. The molecule has 2 rings (SSSR count). The number of nitrogens with one attached hydrogen (secondary N) is 2. The van der Waals surface area contributed by atoms with Gasteiger partial charge < -0.3 is 15.7 Å².